The minimum Gasteiger partial charge on any atom is -0.871 e. The van der Waals surface area contributed by atoms with Gasteiger partial charge in [0.05, 0.1) is 25.5 Å². The lowest BCUT2D eigenvalue weighted by Crippen LogP contribution is -2.14. The first-order chi connectivity index (χ1) is 13.0. The van der Waals surface area contributed by atoms with Gasteiger partial charge in [-0.1, -0.05) is 23.0 Å². The number of methoxy groups -OCH3 is 2. The van der Waals surface area contributed by atoms with Gasteiger partial charge in [-0.25, -0.2) is 4.79 Å². The number of benzene rings is 2. The van der Waals surface area contributed by atoms with E-state index >= 15 is 0 Å². The summed E-state index contributed by atoms with van der Waals surface area (Å²) in [5.41, 5.74) is 0.455. The van der Waals surface area contributed by atoms with Crippen LogP contribution in [0.25, 0.3) is 6.08 Å². The van der Waals surface area contributed by atoms with E-state index in [2.05, 4.69) is 5.16 Å². The number of nitrogens with zero attached hydrogens (tertiary/aromatic N) is 2. The minimum atomic E-state index is -0.741. The van der Waals surface area contributed by atoms with Crippen molar-refractivity contribution in [1.29, 1.82) is 0 Å². The van der Waals surface area contributed by atoms with E-state index in [9.17, 15) is 9.90 Å². The van der Waals surface area contributed by atoms with Gasteiger partial charge >= 0.3 is 5.97 Å². The average molecular weight is 371 g/mol. The fourth-order valence-electron chi connectivity index (χ4n) is 2.57. The summed E-state index contributed by atoms with van der Waals surface area (Å²) in [6.07, 6.45) is 1.28. The molecule has 1 aliphatic heterocycles. The first-order valence-corrected chi connectivity index (χ1v) is 7.68. The highest BCUT2D eigenvalue weighted by atomic mass is 16.8. The summed E-state index contributed by atoms with van der Waals surface area (Å²) >= 11 is 0. The van der Waals surface area contributed by atoms with E-state index in [1.54, 1.807) is 18.2 Å². The number of ether oxygens (including phenoxy) is 2. The Kier molecular flexibility index (Phi) is 4.97. The second kappa shape index (κ2) is 7.36. The SMILES string of the molecule is COc1ccc(C2=NOC(=O)C2=Cc2cccc(N(O)O)c2[O-])cc1OC. The van der Waals surface area contributed by atoms with Crippen molar-refractivity contribution in [3.05, 3.63) is 53.1 Å². The highest BCUT2D eigenvalue weighted by molar-refractivity contribution is 6.31. The summed E-state index contributed by atoms with van der Waals surface area (Å²) in [6, 6.07) is 9.02. The molecule has 0 radical (unpaired) electrons. The molecule has 0 spiro atoms. The third-order valence-electron chi connectivity index (χ3n) is 3.89. The Morgan fingerprint density at radius 1 is 1.15 bits per heavy atom. The van der Waals surface area contributed by atoms with Crippen molar-refractivity contribution in [1.82, 2.24) is 0 Å². The molecule has 0 fully saturated rings. The van der Waals surface area contributed by atoms with Gasteiger partial charge in [0.1, 0.15) is 5.71 Å². The molecule has 2 aromatic rings. The first kappa shape index (κ1) is 18.2. The molecule has 1 aliphatic rings. The molecule has 27 heavy (non-hydrogen) atoms. The molecule has 9 nitrogen and oxygen atoms in total. The van der Waals surface area contributed by atoms with E-state index in [1.807, 2.05) is 0 Å². The molecule has 2 N–H and O–H groups in total. The Balaban J connectivity index is 2.06. The molecule has 2 aromatic carbocycles. The zero-order chi connectivity index (χ0) is 19.6. The maximum atomic E-state index is 12.3. The van der Waals surface area contributed by atoms with E-state index in [1.165, 1.54) is 38.5 Å². The van der Waals surface area contributed by atoms with Gasteiger partial charge < -0.3 is 19.4 Å². The Morgan fingerprint density at radius 2 is 1.89 bits per heavy atom. The molecule has 0 aliphatic carbocycles. The summed E-state index contributed by atoms with van der Waals surface area (Å²) in [7, 11) is 2.97. The molecule has 0 unspecified atom stereocenters. The Hall–Kier alpha value is -3.56. The summed E-state index contributed by atoms with van der Waals surface area (Å²) < 4.78 is 10.4. The van der Waals surface area contributed by atoms with Crippen LogP contribution in [0.4, 0.5) is 5.69 Å². The lowest BCUT2D eigenvalue weighted by Gasteiger charge is -2.19. The van der Waals surface area contributed by atoms with Crippen molar-refractivity contribution < 1.29 is 34.6 Å². The molecule has 0 atom stereocenters. The number of rotatable bonds is 5. The Labute approximate surface area is 153 Å². The van der Waals surface area contributed by atoms with Gasteiger partial charge in [0.2, 0.25) is 0 Å². The van der Waals surface area contributed by atoms with Gasteiger partial charge in [0.25, 0.3) is 0 Å². The summed E-state index contributed by atoms with van der Waals surface area (Å²) in [5, 5.41) is 34.0. The van der Waals surface area contributed by atoms with Crippen molar-refractivity contribution in [2.75, 3.05) is 19.4 Å². The zero-order valence-corrected chi connectivity index (χ0v) is 14.4. The topological polar surface area (TPSA) is 124 Å². The quantitative estimate of drug-likeness (QED) is 0.462. The highest BCUT2D eigenvalue weighted by Gasteiger charge is 2.27. The van der Waals surface area contributed by atoms with Crippen LogP contribution in [0.15, 0.2) is 47.1 Å². The fraction of sp³-hybridized carbons (Fsp3) is 0.111. The van der Waals surface area contributed by atoms with E-state index in [-0.39, 0.29) is 27.8 Å². The molecule has 0 amide bonds. The maximum absolute atomic E-state index is 12.3. The number of para-hydroxylation sites is 1. The molecule has 140 valence electrons. The molecule has 1 heterocycles. The van der Waals surface area contributed by atoms with Crippen LogP contribution in [0.1, 0.15) is 11.1 Å². The number of hydrogen-bond acceptors (Lipinski definition) is 9. The number of oxime groups is 1. The van der Waals surface area contributed by atoms with Crippen molar-refractivity contribution in [2.24, 2.45) is 5.16 Å². The molecule has 0 bridgehead atoms. The number of carbonyl (C=O) groups is 1. The van der Waals surface area contributed by atoms with Crippen LogP contribution in [0.3, 0.4) is 0 Å². The lowest BCUT2D eigenvalue weighted by atomic mass is 9.99. The largest absolute Gasteiger partial charge is 0.871 e. The van der Waals surface area contributed by atoms with Gasteiger partial charge in [0.15, 0.2) is 11.5 Å². The van der Waals surface area contributed by atoms with Crippen molar-refractivity contribution >= 4 is 23.4 Å². The van der Waals surface area contributed by atoms with Crippen molar-refractivity contribution in [3.8, 4) is 17.2 Å². The molecule has 9 heteroatoms. The maximum Gasteiger partial charge on any atom is 0.368 e. The van der Waals surface area contributed by atoms with Gasteiger partial charge in [-0.05, 0) is 35.9 Å². The van der Waals surface area contributed by atoms with Gasteiger partial charge in [-0.2, -0.15) is 0 Å². The molecule has 0 aromatic heterocycles. The monoisotopic (exact) mass is 371 g/mol. The van der Waals surface area contributed by atoms with E-state index in [4.69, 9.17) is 24.7 Å². The first-order valence-electron chi connectivity index (χ1n) is 7.68. The predicted molar refractivity (Wildman–Crippen MR) is 92.1 cm³/mol. The third-order valence-corrected chi connectivity index (χ3v) is 3.89. The smallest absolute Gasteiger partial charge is 0.368 e. The standard InChI is InChI=1S/C18H16N2O7/c1-25-14-7-6-10(9-15(14)26-2)16-12(18(22)27-19-16)8-11-4-3-5-13(17(11)21)20(23)24/h3-9,21,23-24H,1-2H3/p-1. The number of hydrogen-bond donors (Lipinski definition) is 2. The molecule has 3 rings (SSSR count). The molecular formula is C18H15N2O7-. The van der Waals surface area contributed by atoms with E-state index in [0.717, 1.165) is 0 Å². The second-order valence-electron chi connectivity index (χ2n) is 5.43. The van der Waals surface area contributed by atoms with Gasteiger partial charge in [-0.3, -0.25) is 10.4 Å². The van der Waals surface area contributed by atoms with Crippen LogP contribution in [-0.2, 0) is 9.63 Å². The van der Waals surface area contributed by atoms with Gasteiger partial charge in [0, 0.05) is 5.56 Å². The van der Waals surface area contributed by atoms with Crippen LogP contribution in [0.2, 0.25) is 0 Å². The van der Waals surface area contributed by atoms with Crippen LogP contribution in [-0.4, -0.2) is 36.3 Å². The van der Waals surface area contributed by atoms with Gasteiger partial charge in [-0.15, -0.1) is 5.23 Å². The fourth-order valence-corrected chi connectivity index (χ4v) is 2.57. The van der Waals surface area contributed by atoms with Crippen molar-refractivity contribution in [3.63, 3.8) is 0 Å². The normalized spacial score (nSPS) is 14.7. The van der Waals surface area contributed by atoms with E-state index in [0.29, 0.717) is 17.1 Å². The zero-order valence-electron chi connectivity index (χ0n) is 14.4. The highest BCUT2D eigenvalue weighted by Crippen LogP contribution is 2.32. The van der Waals surface area contributed by atoms with E-state index < -0.39 is 11.7 Å². The van der Waals surface area contributed by atoms with Crippen LogP contribution in [0.5, 0.6) is 17.2 Å². The van der Waals surface area contributed by atoms with Crippen LogP contribution < -0.4 is 19.8 Å². The second-order valence-corrected chi connectivity index (χ2v) is 5.43. The third kappa shape index (κ3) is 3.41. The van der Waals surface area contributed by atoms with Crippen molar-refractivity contribution in [2.45, 2.75) is 0 Å². The minimum absolute atomic E-state index is 0.0406. The molecule has 0 saturated carbocycles. The Bertz CT molecular complexity index is 951. The predicted octanol–water partition coefficient (Wildman–Crippen LogP) is 1.71. The summed E-state index contributed by atoms with van der Waals surface area (Å²) in [5.74, 6) is -0.493. The summed E-state index contributed by atoms with van der Waals surface area (Å²) in [6.45, 7) is 0. The number of anilines is 1. The molecular weight excluding hydrogens is 356 g/mol. The number of carbonyl (C=O) groups excluding carboxylic acids is 1. The molecule has 0 saturated heterocycles. The van der Waals surface area contributed by atoms with Crippen LogP contribution in [0, 0.1) is 0 Å². The lowest BCUT2D eigenvalue weighted by molar-refractivity contribution is -0.268. The average Bonchev–Trinajstić information content (AvgIpc) is 3.03. The Morgan fingerprint density at radius 3 is 2.56 bits per heavy atom. The van der Waals surface area contributed by atoms with Crippen LogP contribution >= 0.6 is 0 Å². The summed E-state index contributed by atoms with van der Waals surface area (Å²) in [4.78, 5) is 16.8.